The van der Waals surface area contributed by atoms with Crippen LogP contribution in [0.1, 0.15) is 31.1 Å². The number of likely N-dealkylation sites (N-methyl/N-ethyl adjacent to an activating group) is 1. The number of likely N-dealkylation sites (tertiary alicyclic amines) is 1. The zero-order valence-corrected chi connectivity index (χ0v) is 12.5. The van der Waals surface area contributed by atoms with Gasteiger partial charge in [0.05, 0.1) is 12.8 Å². The van der Waals surface area contributed by atoms with Gasteiger partial charge in [-0.3, -0.25) is 4.90 Å². The van der Waals surface area contributed by atoms with Crippen LogP contribution in [-0.4, -0.2) is 49.6 Å². The van der Waals surface area contributed by atoms with Crippen molar-refractivity contribution in [1.29, 1.82) is 0 Å². The Bertz CT molecular complexity index is 375. The van der Waals surface area contributed by atoms with Gasteiger partial charge in [-0.25, -0.2) is 0 Å². The van der Waals surface area contributed by atoms with Crippen molar-refractivity contribution in [1.82, 2.24) is 15.1 Å². The highest BCUT2D eigenvalue weighted by atomic mass is 16.3. The first-order chi connectivity index (χ1) is 9.20. The Labute approximate surface area is 116 Å². The third-order valence-electron chi connectivity index (χ3n) is 3.82. The number of hydrogen-bond acceptors (Lipinski definition) is 4. The van der Waals surface area contributed by atoms with Crippen molar-refractivity contribution in [3.05, 3.63) is 23.7 Å². The molecule has 1 aliphatic rings. The number of hydrogen-bond donors (Lipinski definition) is 1. The van der Waals surface area contributed by atoms with E-state index >= 15 is 0 Å². The van der Waals surface area contributed by atoms with Crippen molar-refractivity contribution in [2.24, 2.45) is 0 Å². The highest BCUT2D eigenvalue weighted by Gasteiger charge is 2.26. The van der Waals surface area contributed by atoms with Gasteiger partial charge in [-0.2, -0.15) is 0 Å². The largest absolute Gasteiger partial charge is 0.468 e. The minimum Gasteiger partial charge on any atom is -0.468 e. The lowest BCUT2D eigenvalue weighted by Gasteiger charge is -2.26. The first kappa shape index (κ1) is 14.6. The Hall–Kier alpha value is -0.840. The topological polar surface area (TPSA) is 31.7 Å². The van der Waals surface area contributed by atoms with Crippen molar-refractivity contribution in [3.63, 3.8) is 0 Å². The number of nitrogens with zero attached hydrogens (tertiary/aromatic N) is 2. The van der Waals surface area contributed by atoms with E-state index in [9.17, 15) is 0 Å². The number of furan rings is 1. The van der Waals surface area contributed by atoms with Crippen LogP contribution in [0.5, 0.6) is 0 Å². The lowest BCUT2D eigenvalue weighted by Crippen LogP contribution is -2.37. The van der Waals surface area contributed by atoms with E-state index in [0.29, 0.717) is 6.04 Å². The van der Waals surface area contributed by atoms with Crippen LogP contribution in [0.4, 0.5) is 0 Å². The lowest BCUT2D eigenvalue weighted by atomic mass is 10.2. The van der Waals surface area contributed by atoms with Crippen molar-refractivity contribution in [2.75, 3.05) is 33.7 Å². The Morgan fingerprint density at radius 3 is 3.05 bits per heavy atom. The van der Waals surface area contributed by atoms with Crippen LogP contribution in [0.25, 0.3) is 0 Å². The molecule has 0 spiro atoms. The van der Waals surface area contributed by atoms with Gasteiger partial charge in [-0.15, -0.1) is 0 Å². The average Bonchev–Trinajstić information content (AvgIpc) is 2.97. The molecule has 0 radical (unpaired) electrons. The van der Waals surface area contributed by atoms with E-state index in [1.807, 2.05) is 6.26 Å². The van der Waals surface area contributed by atoms with Crippen molar-refractivity contribution in [2.45, 2.75) is 38.9 Å². The summed E-state index contributed by atoms with van der Waals surface area (Å²) in [6.07, 6.45) is 4.43. The quantitative estimate of drug-likeness (QED) is 0.816. The molecule has 2 rings (SSSR count). The van der Waals surface area contributed by atoms with E-state index in [0.717, 1.165) is 31.9 Å². The van der Waals surface area contributed by atoms with Gasteiger partial charge in [0.2, 0.25) is 0 Å². The molecule has 1 aromatic heterocycles. The minimum atomic E-state index is 0.673. The Morgan fingerprint density at radius 2 is 2.32 bits per heavy atom. The molecular weight excluding hydrogens is 238 g/mol. The van der Waals surface area contributed by atoms with Crippen LogP contribution in [0, 0.1) is 0 Å². The van der Waals surface area contributed by atoms with Crippen LogP contribution >= 0.6 is 0 Å². The van der Waals surface area contributed by atoms with Crippen LogP contribution < -0.4 is 5.32 Å². The molecule has 1 saturated heterocycles. The third kappa shape index (κ3) is 4.06. The van der Waals surface area contributed by atoms with E-state index in [1.165, 1.54) is 24.9 Å². The molecule has 0 amide bonds. The maximum absolute atomic E-state index is 5.68. The van der Waals surface area contributed by atoms with Gasteiger partial charge in [0.15, 0.2) is 0 Å². The van der Waals surface area contributed by atoms with E-state index in [2.05, 4.69) is 42.2 Å². The van der Waals surface area contributed by atoms with E-state index in [1.54, 1.807) is 0 Å². The smallest absolute Gasteiger partial charge is 0.122 e. The normalized spacial score (nSPS) is 20.5. The summed E-state index contributed by atoms with van der Waals surface area (Å²) in [6.45, 7) is 7.33. The monoisotopic (exact) mass is 265 g/mol. The van der Waals surface area contributed by atoms with E-state index in [4.69, 9.17) is 4.42 Å². The molecule has 2 heterocycles. The minimum absolute atomic E-state index is 0.673. The molecule has 0 bridgehead atoms. The standard InChI is InChI=1S/C15H27N3O/c1-4-16-10-13-7-9-19-15(13)12-18-8-5-6-14(18)11-17(2)3/h7,9,14,16H,4-6,8,10-12H2,1-3H3. The maximum Gasteiger partial charge on any atom is 0.122 e. The zero-order valence-electron chi connectivity index (χ0n) is 12.5. The summed E-state index contributed by atoms with van der Waals surface area (Å²) >= 11 is 0. The predicted molar refractivity (Wildman–Crippen MR) is 78.1 cm³/mol. The van der Waals surface area contributed by atoms with E-state index < -0.39 is 0 Å². The summed E-state index contributed by atoms with van der Waals surface area (Å²) in [4.78, 5) is 4.85. The zero-order chi connectivity index (χ0) is 13.7. The van der Waals surface area contributed by atoms with Crippen LogP contribution in [0.3, 0.4) is 0 Å². The average molecular weight is 265 g/mol. The SMILES string of the molecule is CCNCc1ccoc1CN1CCCC1CN(C)C. The fraction of sp³-hybridized carbons (Fsp3) is 0.733. The van der Waals surface area contributed by atoms with Gasteiger partial charge >= 0.3 is 0 Å². The Kier molecular flexibility index (Phi) is 5.43. The maximum atomic E-state index is 5.68. The molecule has 0 aromatic carbocycles. The summed E-state index contributed by atoms with van der Waals surface area (Å²) in [5.41, 5.74) is 1.30. The van der Waals surface area contributed by atoms with Crippen LogP contribution in [0.2, 0.25) is 0 Å². The van der Waals surface area contributed by atoms with Crippen molar-refractivity contribution < 1.29 is 4.42 Å². The van der Waals surface area contributed by atoms with Gasteiger partial charge in [-0.05, 0) is 46.1 Å². The first-order valence-electron chi connectivity index (χ1n) is 7.35. The summed E-state index contributed by atoms with van der Waals surface area (Å²) < 4.78 is 5.68. The molecule has 4 heteroatoms. The Morgan fingerprint density at radius 1 is 1.47 bits per heavy atom. The molecule has 1 atom stereocenters. The second-order valence-electron chi connectivity index (χ2n) is 5.68. The molecular formula is C15H27N3O. The summed E-state index contributed by atoms with van der Waals surface area (Å²) in [7, 11) is 4.31. The van der Waals surface area contributed by atoms with Gasteiger partial charge in [-0.1, -0.05) is 6.92 Å². The first-order valence-corrected chi connectivity index (χ1v) is 7.35. The molecule has 1 N–H and O–H groups in total. The molecule has 0 aliphatic carbocycles. The van der Waals surface area contributed by atoms with Crippen LogP contribution in [-0.2, 0) is 13.1 Å². The molecule has 19 heavy (non-hydrogen) atoms. The second kappa shape index (κ2) is 7.08. The predicted octanol–water partition coefficient (Wildman–Crippen LogP) is 1.92. The lowest BCUT2D eigenvalue weighted by molar-refractivity contribution is 0.188. The molecule has 0 saturated carbocycles. The Balaban J connectivity index is 1.94. The molecule has 1 fully saturated rings. The summed E-state index contributed by atoms with van der Waals surface area (Å²) in [5.74, 6) is 1.13. The summed E-state index contributed by atoms with van der Waals surface area (Å²) in [6, 6.07) is 2.77. The van der Waals surface area contributed by atoms with Gasteiger partial charge in [0.25, 0.3) is 0 Å². The van der Waals surface area contributed by atoms with Crippen molar-refractivity contribution in [3.8, 4) is 0 Å². The highest BCUT2D eigenvalue weighted by Crippen LogP contribution is 2.22. The third-order valence-corrected chi connectivity index (χ3v) is 3.82. The van der Waals surface area contributed by atoms with Crippen molar-refractivity contribution >= 4 is 0 Å². The fourth-order valence-electron chi connectivity index (χ4n) is 2.84. The van der Waals surface area contributed by atoms with Gasteiger partial charge in [0.1, 0.15) is 5.76 Å². The van der Waals surface area contributed by atoms with Gasteiger partial charge in [0, 0.05) is 24.7 Å². The molecule has 1 aliphatic heterocycles. The summed E-state index contributed by atoms with van der Waals surface area (Å²) in [5, 5.41) is 3.37. The number of nitrogens with one attached hydrogen (secondary N) is 1. The number of rotatable bonds is 7. The van der Waals surface area contributed by atoms with Gasteiger partial charge < -0.3 is 14.6 Å². The highest BCUT2D eigenvalue weighted by molar-refractivity contribution is 5.17. The van der Waals surface area contributed by atoms with Crippen LogP contribution in [0.15, 0.2) is 16.7 Å². The molecule has 4 nitrogen and oxygen atoms in total. The van der Waals surface area contributed by atoms with E-state index in [-0.39, 0.29) is 0 Å². The fourth-order valence-corrected chi connectivity index (χ4v) is 2.84. The molecule has 1 unspecified atom stereocenters. The second-order valence-corrected chi connectivity index (χ2v) is 5.68. The molecule has 1 aromatic rings. The molecule has 108 valence electrons.